The molecule has 41 heavy (non-hydrogen) atoms. The van der Waals surface area contributed by atoms with Crippen LogP contribution in [-0.2, 0) is 15.3 Å². The number of aliphatic hydroxyl groups is 1. The number of halogens is 3. The van der Waals surface area contributed by atoms with E-state index in [0.717, 1.165) is 11.0 Å². The van der Waals surface area contributed by atoms with E-state index in [1.165, 1.54) is 42.6 Å². The molecule has 0 bridgehead atoms. The zero-order valence-electron chi connectivity index (χ0n) is 21.7. The van der Waals surface area contributed by atoms with Crippen molar-refractivity contribution >= 4 is 40.9 Å². The van der Waals surface area contributed by atoms with E-state index in [4.69, 9.17) is 27.9 Å². The van der Waals surface area contributed by atoms with Gasteiger partial charge in [-0.1, -0.05) is 53.5 Å². The van der Waals surface area contributed by atoms with Crippen LogP contribution in [0.1, 0.15) is 62.5 Å². The molecule has 1 aromatic heterocycles. The molecule has 1 aliphatic heterocycles. The summed E-state index contributed by atoms with van der Waals surface area (Å²) in [7, 11) is 0. The van der Waals surface area contributed by atoms with Crippen LogP contribution in [0.15, 0.2) is 85.1 Å². The Kier molecular flexibility index (Phi) is 7.91. The molecule has 1 aliphatic rings. The van der Waals surface area contributed by atoms with E-state index in [1.54, 1.807) is 43.3 Å². The third-order valence-electron chi connectivity index (χ3n) is 6.87. The number of ketones is 1. The number of fused-ring (bicyclic) bond motifs is 1. The molecule has 0 spiro atoms. The van der Waals surface area contributed by atoms with Gasteiger partial charge in [-0.15, -0.1) is 0 Å². The highest BCUT2D eigenvalue weighted by atomic mass is 35.5. The number of hydrogen-bond donors (Lipinski definition) is 1. The van der Waals surface area contributed by atoms with Crippen LogP contribution in [-0.4, -0.2) is 39.3 Å². The highest BCUT2D eigenvalue weighted by Crippen LogP contribution is 2.49. The standard InChI is InChI=1S/C31H23Cl2FN2O5/c1-2-41-27(37)17-26(18-6-10-21(32)11-7-18)36-30(39)23-15-19(29(38)25-5-3-4-14-35-25)16-24(34)28(23)31(36,40)20-8-12-22(33)13-9-20/h3-16,26,40H,2,17H2,1H3. The van der Waals surface area contributed by atoms with Crippen LogP contribution in [0.4, 0.5) is 4.39 Å². The normalized spacial score (nSPS) is 16.8. The maximum Gasteiger partial charge on any atom is 0.308 e. The van der Waals surface area contributed by atoms with Crippen molar-refractivity contribution in [2.24, 2.45) is 0 Å². The van der Waals surface area contributed by atoms with E-state index in [2.05, 4.69) is 4.98 Å². The Hall–Kier alpha value is -4.11. The van der Waals surface area contributed by atoms with E-state index < -0.39 is 35.2 Å². The first kappa shape index (κ1) is 28.4. The predicted molar refractivity (Wildman–Crippen MR) is 150 cm³/mol. The highest BCUT2D eigenvalue weighted by Gasteiger charge is 2.55. The minimum Gasteiger partial charge on any atom is -0.466 e. The molecule has 1 amide bonds. The first-order valence-electron chi connectivity index (χ1n) is 12.7. The minimum atomic E-state index is -2.38. The Morgan fingerprint density at radius 1 is 1.02 bits per heavy atom. The molecule has 208 valence electrons. The number of rotatable bonds is 8. The lowest BCUT2D eigenvalue weighted by Gasteiger charge is -2.40. The van der Waals surface area contributed by atoms with E-state index in [-0.39, 0.29) is 41.0 Å². The summed E-state index contributed by atoms with van der Waals surface area (Å²) in [5, 5.41) is 13.2. The van der Waals surface area contributed by atoms with Gasteiger partial charge in [0, 0.05) is 27.4 Å². The van der Waals surface area contributed by atoms with Gasteiger partial charge in [-0.2, -0.15) is 0 Å². The molecule has 2 atom stereocenters. The zero-order valence-corrected chi connectivity index (χ0v) is 23.2. The Balaban J connectivity index is 1.73. The summed E-state index contributed by atoms with van der Waals surface area (Å²) in [6, 6.07) is 18.1. The zero-order chi connectivity index (χ0) is 29.3. The quantitative estimate of drug-likeness (QED) is 0.196. The van der Waals surface area contributed by atoms with Gasteiger partial charge in [-0.3, -0.25) is 24.3 Å². The summed E-state index contributed by atoms with van der Waals surface area (Å²) in [6.45, 7) is 1.74. The van der Waals surface area contributed by atoms with Crippen LogP contribution in [0.3, 0.4) is 0 Å². The van der Waals surface area contributed by atoms with E-state index in [0.29, 0.717) is 15.6 Å². The molecule has 1 N–H and O–H groups in total. The van der Waals surface area contributed by atoms with Crippen LogP contribution in [0.2, 0.25) is 10.0 Å². The van der Waals surface area contributed by atoms with Gasteiger partial charge in [0.1, 0.15) is 11.5 Å². The Bertz CT molecular complexity index is 1630. The average Bonchev–Trinajstić information content (AvgIpc) is 3.20. The molecule has 3 aromatic carbocycles. The Labute approximate surface area is 245 Å². The summed E-state index contributed by atoms with van der Waals surface area (Å²) in [5.74, 6) is -3.02. The average molecular weight is 593 g/mol. The largest absolute Gasteiger partial charge is 0.466 e. The van der Waals surface area contributed by atoms with Gasteiger partial charge in [0.2, 0.25) is 5.78 Å². The third kappa shape index (κ3) is 5.22. The van der Waals surface area contributed by atoms with Gasteiger partial charge in [-0.05, 0) is 61.0 Å². The van der Waals surface area contributed by atoms with Crippen LogP contribution >= 0.6 is 23.2 Å². The minimum absolute atomic E-state index is 0.0588. The van der Waals surface area contributed by atoms with Gasteiger partial charge in [0.05, 0.1) is 30.2 Å². The molecule has 0 saturated heterocycles. The number of amides is 1. The van der Waals surface area contributed by atoms with Crippen LogP contribution in [0, 0.1) is 5.82 Å². The monoisotopic (exact) mass is 592 g/mol. The molecule has 2 heterocycles. The number of carbonyl (C=O) groups excluding carboxylic acids is 3. The maximum atomic E-state index is 16.1. The van der Waals surface area contributed by atoms with Crippen molar-refractivity contribution in [2.75, 3.05) is 6.61 Å². The van der Waals surface area contributed by atoms with E-state index >= 15 is 4.39 Å². The molecule has 10 heteroatoms. The molecule has 0 saturated carbocycles. The topological polar surface area (TPSA) is 96.8 Å². The lowest BCUT2D eigenvalue weighted by atomic mass is 9.90. The first-order valence-corrected chi connectivity index (χ1v) is 13.4. The summed E-state index contributed by atoms with van der Waals surface area (Å²) < 4.78 is 21.3. The number of benzene rings is 3. The second-order valence-electron chi connectivity index (χ2n) is 9.36. The second-order valence-corrected chi connectivity index (χ2v) is 10.2. The molecule has 4 aromatic rings. The first-order chi connectivity index (χ1) is 19.6. The van der Waals surface area contributed by atoms with Crippen molar-refractivity contribution in [3.8, 4) is 0 Å². The number of nitrogens with zero attached hydrogens (tertiary/aromatic N) is 2. The summed E-state index contributed by atoms with van der Waals surface area (Å²) in [4.78, 5) is 45.2. The summed E-state index contributed by atoms with van der Waals surface area (Å²) in [6.07, 6.45) is 1.07. The molecular weight excluding hydrogens is 570 g/mol. The molecule has 0 aliphatic carbocycles. The van der Waals surface area contributed by atoms with Gasteiger partial charge in [-0.25, -0.2) is 4.39 Å². The molecule has 0 fully saturated rings. The predicted octanol–water partition coefficient (Wildman–Crippen LogP) is 6.10. The molecule has 5 rings (SSSR count). The molecule has 7 nitrogen and oxygen atoms in total. The fourth-order valence-electron chi connectivity index (χ4n) is 5.06. The fraction of sp³-hybridized carbons (Fsp3) is 0.161. The summed E-state index contributed by atoms with van der Waals surface area (Å²) in [5.41, 5.74) is -2.47. The SMILES string of the molecule is CCOC(=O)CC(c1ccc(Cl)cc1)N1C(=O)c2cc(C(=O)c3ccccn3)cc(F)c2C1(O)c1ccc(Cl)cc1. The number of hydrogen-bond acceptors (Lipinski definition) is 6. The van der Waals surface area contributed by atoms with Crippen molar-refractivity contribution in [2.45, 2.75) is 25.1 Å². The van der Waals surface area contributed by atoms with Crippen molar-refractivity contribution in [1.82, 2.24) is 9.88 Å². The highest BCUT2D eigenvalue weighted by molar-refractivity contribution is 6.30. The Morgan fingerprint density at radius 2 is 1.68 bits per heavy atom. The number of pyridine rings is 1. The number of ether oxygens (including phenoxy) is 1. The molecule has 2 unspecified atom stereocenters. The van der Waals surface area contributed by atoms with Crippen LogP contribution in [0.5, 0.6) is 0 Å². The van der Waals surface area contributed by atoms with Crippen molar-refractivity contribution in [3.63, 3.8) is 0 Å². The van der Waals surface area contributed by atoms with E-state index in [9.17, 15) is 19.5 Å². The lowest BCUT2D eigenvalue weighted by Crippen LogP contribution is -2.47. The number of aromatic nitrogens is 1. The van der Waals surface area contributed by atoms with Gasteiger partial charge >= 0.3 is 5.97 Å². The second kappa shape index (κ2) is 11.4. The molecular formula is C31H23Cl2FN2O5. The fourth-order valence-corrected chi connectivity index (χ4v) is 5.31. The van der Waals surface area contributed by atoms with Gasteiger partial charge in [0.15, 0.2) is 5.72 Å². The van der Waals surface area contributed by atoms with Crippen molar-refractivity contribution in [1.29, 1.82) is 0 Å². The van der Waals surface area contributed by atoms with Gasteiger partial charge in [0.25, 0.3) is 5.91 Å². The Morgan fingerprint density at radius 3 is 2.29 bits per heavy atom. The van der Waals surface area contributed by atoms with E-state index in [1.807, 2.05) is 0 Å². The number of esters is 1. The van der Waals surface area contributed by atoms with Crippen LogP contribution < -0.4 is 0 Å². The smallest absolute Gasteiger partial charge is 0.308 e. The number of carbonyl (C=O) groups is 3. The van der Waals surface area contributed by atoms with Crippen molar-refractivity contribution in [3.05, 3.63) is 134 Å². The summed E-state index contributed by atoms with van der Waals surface area (Å²) >= 11 is 12.2. The third-order valence-corrected chi connectivity index (χ3v) is 7.38. The maximum absolute atomic E-state index is 16.1. The van der Waals surface area contributed by atoms with Crippen LogP contribution in [0.25, 0.3) is 0 Å². The van der Waals surface area contributed by atoms with Crippen molar-refractivity contribution < 1.29 is 28.6 Å². The lowest BCUT2D eigenvalue weighted by molar-refractivity contribution is -0.146. The molecule has 0 radical (unpaired) electrons. The van der Waals surface area contributed by atoms with Gasteiger partial charge < -0.3 is 9.84 Å².